The Morgan fingerprint density at radius 1 is 0.967 bits per heavy atom. The van der Waals surface area contributed by atoms with Crippen LogP contribution in [0.1, 0.15) is 15.9 Å². The van der Waals surface area contributed by atoms with Crippen molar-refractivity contribution in [2.45, 2.75) is 6.54 Å². The fourth-order valence-electron chi connectivity index (χ4n) is 3.92. The first-order valence-electron chi connectivity index (χ1n) is 10.1. The van der Waals surface area contributed by atoms with E-state index in [1.54, 1.807) is 12.4 Å². The van der Waals surface area contributed by atoms with Gasteiger partial charge in [-0.1, -0.05) is 30.3 Å². The molecule has 1 fully saturated rings. The van der Waals surface area contributed by atoms with Gasteiger partial charge in [-0.05, 0) is 40.6 Å². The lowest BCUT2D eigenvalue weighted by Crippen LogP contribution is -2.36. The number of aromatic nitrogens is 2. The fourth-order valence-corrected chi connectivity index (χ4v) is 3.92. The Morgan fingerprint density at radius 3 is 2.70 bits per heavy atom. The molecule has 0 saturated carbocycles. The van der Waals surface area contributed by atoms with Gasteiger partial charge in [-0.15, -0.1) is 0 Å². The minimum atomic E-state index is -0.130. The predicted molar refractivity (Wildman–Crippen MR) is 118 cm³/mol. The molecule has 0 radical (unpaired) electrons. The Balaban J connectivity index is 1.40. The van der Waals surface area contributed by atoms with Gasteiger partial charge in [-0.2, -0.15) is 0 Å². The maximum Gasteiger partial charge on any atom is 0.253 e. The van der Waals surface area contributed by atoms with Crippen molar-refractivity contribution in [1.82, 2.24) is 15.3 Å². The maximum atomic E-state index is 13.1. The van der Waals surface area contributed by atoms with Crippen molar-refractivity contribution in [2.75, 3.05) is 31.2 Å². The van der Waals surface area contributed by atoms with E-state index in [4.69, 9.17) is 4.74 Å². The Kier molecular flexibility index (Phi) is 4.99. The SMILES string of the molecule is O=C(NCc1ccnc(N2CCOCC2)c1)c1cc2ccccc2c2cccnc12. The number of nitrogens with zero attached hydrogens (tertiary/aromatic N) is 3. The van der Waals surface area contributed by atoms with Crippen molar-refractivity contribution in [3.05, 3.63) is 78.1 Å². The predicted octanol–water partition coefficient (Wildman–Crippen LogP) is 3.55. The summed E-state index contributed by atoms with van der Waals surface area (Å²) in [6.45, 7) is 3.52. The molecule has 150 valence electrons. The van der Waals surface area contributed by atoms with Gasteiger partial charge < -0.3 is 15.0 Å². The van der Waals surface area contributed by atoms with E-state index in [9.17, 15) is 4.79 Å². The number of hydrogen-bond acceptors (Lipinski definition) is 5. The second-order valence-electron chi connectivity index (χ2n) is 7.35. The van der Waals surface area contributed by atoms with Crippen LogP contribution in [0.2, 0.25) is 0 Å². The zero-order valence-electron chi connectivity index (χ0n) is 16.5. The van der Waals surface area contributed by atoms with Crippen LogP contribution in [0.4, 0.5) is 5.82 Å². The standard InChI is InChI=1S/C24H22N4O2/c29-24(27-16-17-7-9-25-22(14-17)28-10-12-30-13-11-28)21-15-18-4-1-2-5-19(18)20-6-3-8-26-23(20)21/h1-9,14-15H,10-13,16H2,(H,27,29). The van der Waals surface area contributed by atoms with Crippen LogP contribution in [-0.4, -0.2) is 42.2 Å². The minimum absolute atomic E-state index is 0.130. The van der Waals surface area contributed by atoms with E-state index in [2.05, 4.69) is 26.3 Å². The Morgan fingerprint density at radius 2 is 1.80 bits per heavy atom. The van der Waals surface area contributed by atoms with Crippen LogP contribution >= 0.6 is 0 Å². The van der Waals surface area contributed by atoms with Gasteiger partial charge in [-0.3, -0.25) is 9.78 Å². The average molecular weight is 398 g/mol. The first kappa shape index (κ1) is 18.5. The van der Waals surface area contributed by atoms with E-state index < -0.39 is 0 Å². The summed E-state index contributed by atoms with van der Waals surface area (Å²) in [6, 6.07) is 17.9. The molecule has 1 saturated heterocycles. The molecule has 3 heterocycles. The fraction of sp³-hybridized carbons (Fsp3) is 0.208. The van der Waals surface area contributed by atoms with Gasteiger partial charge in [0.05, 0.1) is 24.3 Å². The molecule has 6 heteroatoms. The number of carbonyl (C=O) groups excluding carboxylic acids is 1. The monoisotopic (exact) mass is 398 g/mol. The van der Waals surface area contributed by atoms with Crippen LogP contribution in [0.5, 0.6) is 0 Å². The van der Waals surface area contributed by atoms with Gasteiger partial charge in [0.25, 0.3) is 5.91 Å². The third kappa shape index (κ3) is 3.57. The third-order valence-corrected chi connectivity index (χ3v) is 5.46. The summed E-state index contributed by atoms with van der Waals surface area (Å²) in [6.07, 6.45) is 3.52. The van der Waals surface area contributed by atoms with Crippen LogP contribution in [-0.2, 0) is 11.3 Å². The van der Waals surface area contributed by atoms with E-state index in [1.165, 1.54) is 0 Å². The number of pyridine rings is 2. The largest absolute Gasteiger partial charge is 0.378 e. The molecule has 0 unspecified atom stereocenters. The lowest BCUT2D eigenvalue weighted by Gasteiger charge is -2.28. The number of anilines is 1. The van der Waals surface area contributed by atoms with Crippen molar-refractivity contribution in [3.8, 4) is 0 Å². The van der Waals surface area contributed by atoms with Crippen molar-refractivity contribution in [3.63, 3.8) is 0 Å². The quantitative estimate of drug-likeness (QED) is 0.533. The molecule has 1 aliphatic rings. The van der Waals surface area contributed by atoms with Crippen molar-refractivity contribution < 1.29 is 9.53 Å². The number of benzene rings is 2. The van der Waals surface area contributed by atoms with Gasteiger partial charge in [0.1, 0.15) is 5.82 Å². The van der Waals surface area contributed by atoms with Crippen molar-refractivity contribution >= 4 is 33.4 Å². The number of rotatable bonds is 4. The van der Waals surface area contributed by atoms with Crippen LogP contribution in [0.25, 0.3) is 21.7 Å². The number of carbonyl (C=O) groups is 1. The highest BCUT2D eigenvalue weighted by Gasteiger charge is 2.15. The summed E-state index contributed by atoms with van der Waals surface area (Å²) < 4.78 is 5.41. The number of hydrogen-bond donors (Lipinski definition) is 1. The second-order valence-corrected chi connectivity index (χ2v) is 7.35. The van der Waals surface area contributed by atoms with E-state index in [1.807, 2.05) is 48.5 Å². The smallest absolute Gasteiger partial charge is 0.253 e. The summed E-state index contributed by atoms with van der Waals surface area (Å²) in [7, 11) is 0. The van der Waals surface area contributed by atoms with E-state index >= 15 is 0 Å². The molecule has 1 aliphatic heterocycles. The molecule has 6 nitrogen and oxygen atoms in total. The molecule has 5 rings (SSSR count). The first-order valence-corrected chi connectivity index (χ1v) is 10.1. The summed E-state index contributed by atoms with van der Waals surface area (Å²) >= 11 is 0. The molecule has 1 N–H and O–H groups in total. The first-order chi connectivity index (χ1) is 14.8. The maximum absolute atomic E-state index is 13.1. The van der Waals surface area contributed by atoms with Gasteiger partial charge in [0.15, 0.2) is 0 Å². The second kappa shape index (κ2) is 8.08. The summed E-state index contributed by atoms with van der Waals surface area (Å²) in [5, 5.41) is 6.17. The van der Waals surface area contributed by atoms with E-state index in [0.717, 1.165) is 46.1 Å². The summed E-state index contributed by atoms with van der Waals surface area (Å²) in [5.74, 6) is 0.789. The van der Waals surface area contributed by atoms with Crippen molar-refractivity contribution in [1.29, 1.82) is 0 Å². The highest BCUT2D eigenvalue weighted by atomic mass is 16.5. The Hall–Kier alpha value is -3.51. The molecule has 0 spiro atoms. The van der Waals surface area contributed by atoms with Crippen LogP contribution in [0, 0.1) is 0 Å². The van der Waals surface area contributed by atoms with E-state index in [-0.39, 0.29) is 5.91 Å². The van der Waals surface area contributed by atoms with Gasteiger partial charge in [0.2, 0.25) is 0 Å². The average Bonchev–Trinajstić information content (AvgIpc) is 2.83. The molecule has 1 amide bonds. The molecule has 4 aromatic rings. The summed E-state index contributed by atoms with van der Waals surface area (Å²) in [4.78, 5) is 24.2. The molecule has 0 aliphatic carbocycles. The van der Waals surface area contributed by atoms with Gasteiger partial charge >= 0.3 is 0 Å². The molecule has 2 aromatic carbocycles. The lowest BCUT2D eigenvalue weighted by molar-refractivity contribution is 0.0952. The third-order valence-electron chi connectivity index (χ3n) is 5.46. The lowest BCUT2D eigenvalue weighted by atomic mass is 10.0. The zero-order chi connectivity index (χ0) is 20.3. The number of ether oxygens (including phenoxy) is 1. The topological polar surface area (TPSA) is 67.4 Å². The Bertz CT molecular complexity index is 1220. The van der Waals surface area contributed by atoms with Gasteiger partial charge in [0, 0.05) is 37.4 Å². The minimum Gasteiger partial charge on any atom is -0.378 e. The molecule has 0 atom stereocenters. The number of amides is 1. The molecule has 30 heavy (non-hydrogen) atoms. The number of fused-ring (bicyclic) bond motifs is 3. The van der Waals surface area contributed by atoms with Crippen LogP contribution < -0.4 is 10.2 Å². The number of morpholine rings is 1. The summed E-state index contributed by atoms with van der Waals surface area (Å²) in [5.41, 5.74) is 2.32. The number of nitrogens with one attached hydrogen (secondary N) is 1. The molecular weight excluding hydrogens is 376 g/mol. The molecular formula is C24H22N4O2. The van der Waals surface area contributed by atoms with Crippen LogP contribution in [0.3, 0.4) is 0 Å². The molecule has 0 bridgehead atoms. The highest BCUT2D eigenvalue weighted by Crippen LogP contribution is 2.27. The van der Waals surface area contributed by atoms with Gasteiger partial charge in [-0.25, -0.2) is 4.98 Å². The molecule has 2 aromatic heterocycles. The van der Waals surface area contributed by atoms with Crippen molar-refractivity contribution in [2.24, 2.45) is 0 Å². The zero-order valence-corrected chi connectivity index (χ0v) is 16.5. The normalized spacial score (nSPS) is 14.2. The Labute approximate surface area is 174 Å². The highest BCUT2D eigenvalue weighted by molar-refractivity contribution is 6.15. The van der Waals surface area contributed by atoms with E-state index in [0.29, 0.717) is 25.3 Å². The van der Waals surface area contributed by atoms with Crippen LogP contribution in [0.15, 0.2) is 67.0 Å².